The number of hydrogen-bond donors (Lipinski definition) is 1. The number of carbonyl (C=O) groups is 1. The average molecular weight is 482 g/mol. The van der Waals surface area contributed by atoms with Gasteiger partial charge in [0.1, 0.15) is 5.52 Å². The molecule has 1 saturated heterocycles. The molecule has 2 aromatic heterocycles. The van der Waals surface area contributed by atoms with Gasteiger partial charge in [-0.2, -0.15) is 5.10 Å². The normalized spacial score (nSPS) is 16.0. The molecule has 1 unspecified atom stereocenters. The van der Waals surface area contributed by atoms with Gasteiger partial charge in [-0.15, -0.1) is 0 Å². The van der Waals surface area contributed by atoms with Crippen LogP contribution in [-0.2, 0) is 11.3 Å². The number of anilines is 1. The highest BCUT2D eigenvalue weighted by Gasteiger charge is 2.27. The minimum Gasteiger partial charge on any atom is -0.354 e. The van der Waals surface area contributed by atoms with Crippen LogP contribution in [0.5, 0.6) is 0 Å². The Morgan fingerprint density at radius 3 is 2.64 bits per heavy atom. The molecule has 1 amide bonds. The van der Waals surface area contributed by atoms with Crippen molar-refractivity contribution in [2.75, 3.05) is 18.0 Å². The maximum atomic E-state index is 13.1. The molecule has 0 spiro atoms. The molecule has 1 N–H and O–H groups in total. The number of aryl methyl sites for hydroxylation is 2. The van der Waals surface area contributed by atoms with Gasteiger partial charge in [-0.1, -0.05) is 50.2 Å². The highest BCUT2D eigenvalue weighted by molar-refractivity contribution is 5.81. The zero-order chi connectivity index (χ0) is 25.2. The van der Waals surface area contributed by atoms with Crippen LogP contribution in [0.3, 0.4) is 0 Å². The molecule has 0 saturated carbocycles. The number of aromatic nitrogens is 3. The monoisotopic (exact) mass is 481 g/mol. The summed E-state index contributed by atoms with van der Waals surface area (Å²) in [5, 5.41) is 7.97. The van der Waals surface area contributed by atoms with Gasteiger partial charge in [0.15, 0.2) is 5.82 Å². The van der Waals surface area contributed by atoms with Crippen LogP contribution in [0.15, 0.2) is 60.9 Å². The molecule has 186 valence electrons. The van der Waals surface area contributed by atoms with Crippen molar-refractivity contribution < 1.29 is 4.79 Å². The van der Waals surface area contributed by atoms with Crippen LogP contribution in [0.2, 0.25) is 0 Å². The Morgan fingerprint density at radius 1 is 1.08 bits per heavy atom. The lowest BCUT2D eigenvalue weighted by Crippen LogP contribution is -2.43. The van der Waals surface area contributed by atoms with E-state index in [1.54, 1.807) is 6.20 Å². The van der Waals surface area contributed by atoms with E-state index in [0.717, 1.165) is 47.5 Å². The zero-order valence-corrected chi connectivity index (χ0v) is 21.7. The SMILES string of the molecule is Cc1ccc(-c2cc3c(N4CCCC(C(=O)NCc5ccc(C(C)C)cc5)C4)nccn3n2)cc1C. The van der Waals surface area contributed by atoms with Crippen molar-refractivity contribution in [2.24, 2.45) is 5.92 Å². The highest BCUT2D eigenvalue weighted by Crippen LogP contribution is 2.29. The average Bonchev–Trinajstić information content (AvgIpc) is 3.34. The number of carbonyl (C=O) groups excluding carboxylic acids is 1. The number of rotatable bonds is 6. The van der Waals surface area contributed by atoms with E-state index in [2.05, 4.69) is 86.4 Å². The molecule has 6 nitrogen and oxygen atoms in total. The number of hydrogen-bond acceptors (Lipinski definition) is 4. The number of nitrogens with one attached hydrogen (secondary N) is 1. The first-order chi connectivity index (χ1) is 17.4. The maximum absolute atomic E-state index is 13.1. The first-order valence-corrected chi connectivity index (χ1v) is 12.9. The maximum Gasteiger partial charge on any atom is 0.225 e. The third-order valence-electron chi connectivity index (χ3n) is 7.38. The molecule has 3 heterocycles. The number of benzene rings is 2. The molecule has 2 aromatic carbocycles. The van der Waals surface area contributed by atoms with E-state index >= 15 is 0 Å². The summed E-state index contributed by atoms with van der Waals surface area (Å²) in [6.45, 7) is 10.7. The smallest absolute Gasteiger partial charge is 0.225 e. The number of amides is 1. The summed E-state index contributed by atoms with van der Waals surface area (Å²) in [4.78, 5) is 20.0. The van der Waals surface area contributed by atoms with Gasteiger partial charge in [0, 0.05) is 37.6 Å². The highest BCUT2D eigenvalue weighted by atomic mass is 16.1. The Bertz CT molecular complexity index is 1370. The molecular formula is C30H35N5O. The van der Waals surface area contributed by atoms with Crippen molar-refractivity contribution in [1.82, 2.24) is 19.9 Å². The van der Waals surface area contributed by atoms with E-state index in [1.807, 2.05) is 10.7 Å². The molecule has 1 aliphatic heterocycles. The molecule has 0 radical (unpaired) electrons. The first kappa shape index (κ1) is 24.0. The minimum absolute atomic E-state index is 0.0575. The Hall–Kier alpha value is -3.67. The second-order valence-electron chi connectivity index (χ2n) is 10.3. The third-order valence-corrected chi connectivity index (χ3v) is 7.38. The molecule has 4 aromatic rings. The molecular weight excluding hydrogens is 446 g/mol. The molecule has 0 bridgehead atoms. The predicted octanol–water partition coefficient (Wildman–Crippen LogP) is 5.67. The summed E-state index contributed by atoms with van der Waals surface area (Å²) >= 11 is 0. The molecule has 1 aliphatic rings. The molecule has 1 atom stereocenters. The van der Waals surface area contributed by atoms with Crippen LogP contribution in [0.1, 0.15) is 54.9 Å². The fraction of sp³-hybridized carbons (Fsp3) is 0.367. The molecule has 5 rings (SSSR count). The van der Waals surface area contributed by atoms with Crippen LogP contribution in [0.4, 0.5) is 5.82 Å². The van der Waals surface area contributed by atoms with Gasteiger partial charge in [-0.05, 0) is 67.0 Å². The summed E-state index contributed by atoms with van der Waals surface area (Å²) in [6.07, 6.45) is 5.54. The lowest BCUT2D eigenvalue weighted by Gasteiger charge is -2.33. The van der Waals surface area contributed by atoms with Crippen molar-refractivity contribution in [1.29, 1.82) is 0 Å². The van der Waals surface area contributed by atoms with E-state index in [-0.39, 0.29) is 11.8 Å². The van der Waals surface area contributed by atoms with Crippen LogP contribution in [0, 0.1) is 19.8 Å². The zero-order valence-electron chi connectivity index (χ0n) is 21.7. The Balaban J connectivity index is 1.30. The van der Waals surface area contributed by atoms with E-state index in [4.69, 9.17) is 10.1 Å². The second kappa shape index (κ2) is 10.1. The van der Waals surface area contributed by atoms with Gasteiger partial charge in [0.05, 0.1) is 11.6 Å². The van der Waals surface area contributed by atoms with E-state index in [0.29, 0.717) is 19.0 Å². The lowest BCUT2D eigenvalue weighted by atomic mass is 9.96. The van der Waals surface area contributed by atoms with Gasteiger partial charge in [0.25, 0.3) is 0 Å². The van der Waals surface area contributed by atoms with Crippen molar-refractivity contribution in [3.8, 4) is 11.3 Å². The van der Waals surface area contributed by atoms with E-state index in [1.165, 1.54) is 16.7 Å². The summed E-state index contributed by atoms with van der Waals surface area (Å²) < 4.78 is 1.90. The largest absolute Gasteiger partial charge is 0.354 e. The summed E-state index contributed by atoms with van der Waals surface area (Å²) in [5.74, 6) is 1.46. The van der Waals surface area contributed by atoms with Crippen LogP contribution in [0.25, 0.3) is 16.8 Å². The summed E-state index contributed by atoms with van der Waals surface area (Å²) in [7, 11) is 0. The Labute approximate surface area is 213 Å². The standard InChI is InChI=1S/C30H35N5O/c1-20(2)24-11-8-23(9-12-24)18-32-30(36)26-6-5-14-34(19-26)29-28-17-27(33-35(28)15-13-31-29)25-10-7-21(3)22(4)16-25/h7-13,15-17,20,26H,5-6,14,18-19H2,1-4H3,(H,32,36). The van der Waals surface area contributed by atoms with Gasteiger partial charge >= 0.3 is 0 Å². The quantitative estimate of drug-likeness (QED) is 0.385. The van der Waals surface area contributed by atoms with E-state index < -0.39 is 0 Å². The van der Waals surface area contributed by atoms with Crippen LogP contribution >= 0.6 is 0 Å². The summed E-state index contributed by atoms with van der Waals surface area (Å²) in [5.41, 5.74) is 7.98. The molecule has 1 fully saturated rings. The Morgan fingerprint density at radius 2 is 1.89 bits per heavy atom. The van der Waals surface area contributed by atoms with Crippen molar-refractivity contribution in [3.63, 3.8) is 0 Å². The number of nitrogens with zero attached hydrogens (tertiary/aromatic N) is 4. The van der Waals surface area contributed by atoms with Crippen molar-refractivity contribution in [3.05, 3.63) is 83.2 Å². The fourth-order valence-corrected chi connectivity index (χ4v) is 4.93. The fourth-order valence-electron chi connectivity index (χ4n) is 4.93. The Kier molecular flexibility index (Phi) is 6.77. The van der Waals surface area contributed by atoms with Gasteiger partial charge in [-0.25, -0.2) is 9.50 Å². The number of piperidine rings is 1. The van der Waals surface area contributed by atoms with Crippen LogP contribution < -0.4 is 10.2 Å². The summed E-state index contributed by atoms with van der Waals surface area (Å²) in [6, 6.07) is 17.1. The van der Waals surface area contributed by atoms with Gasteiger partial charge in [0.2, 0.25) is 5.91 Å². The second-order valence-corrected chi connectivity index (χ2v) is 10.3. The topological polar surface area (TPSA) is 62.5 Å². The number of fused-ring (bicyclic) bond motifs is 1. The van der Waals surface area contributed by atoms with Crippen molar-refractivity contribution in [2.45, 2.75) is 53.0 Å². The first-order valence-electron chi connectivity index (χ1n) is 12.9. The van der Waals surface area contributed by atoms with Crippen LogP contribution in [-0.4, -0.2) is 33.6 Å². The van der Waals surface area contributed by atoms with Gasteiger partial charge in [-0.3, -0.25) is 4.79 Å². The molecule has 6 heteroatoms. The predicted molar refractivity (Wildman–Crippen MR) is 145 cm³/mol. The van der Waals surface area contributed by atoms with Gasteiger partial charge < -0.3 is 10.2 Å². The van der Waals surface area contributed by atoms with E-state index in [9.17, 15) is 4.79 Å². The van der Waals surface area contributed by atoms with Crippen molar-refractivity contribution >= 4 is 17.2 Å². The molecule has 0 aliphatic carbocycles. The minimum atomic E-state index is -0.0575. The lowest BCUT2D eigenvalue weighted by molar-refractivity contribution is -0.125. The molecule has 36 heavy (non-hydrogen) atoms. The third kappa shape index (κ3) is 4.99.